The molecule has 1 fully saturated rings. The predicted molar refractivity (Wildman–Crippen MR) is 89.8 cm³/mol. The highest BCUT2D eigenvalue weighted by molar-refractivity contribution is 7.11. The number of thiophene rings is 1. The molecule has 0 radical (unpaired) electrons. The van der Waals surface area contributed by atoms with Crippen LogP contribution in [0.3, 0.4) is 0 Å². The van der Waals surface area contributed by atoms with Crippen LogP contribution in [0.15, 0.2) is 17.2 Å². The molecule has 0 bridgehead atoms. The van der Waals surface area contributed by atoms with Crippen LogP contribution in [0.25, 0.3) is 6.08 Å². The maximum atomic E-state index is 5.83. The van der Waals surface area contributed by atoms with Gasteiger partial charge in [-0.25, -0.2) is 0 Å². The zero-order valence-electron chi connectivity index (χ0n) is 13.3. The number of hydrogen-bond acceptors (Lipinski definition) is 4. The van der Waals surface area contributed by atoms with Crippen molar-refractivity contribution in [3.05, 3.63) is 27.6 Å². The van der Waals surface area contributed by atoms with Crippen molar-refractivity contribution in [2.75, 3.05) is 39.5 Å². The zero-order chi connectivity index (χ0) is 14.9. The molecule has 1 aliphatic heterocycles. The van der Waals surface area contributed by atoms with Crippen LogP contribution < -0.4 is 0 Å². The van der Waals surface area contributed by atoms with Crippen molar-refractivity contribution >= 4 is 17.4 Å². The molecule has 0 N–H and O–H groups in total. The summed E-state index contributed by atoms with van der Waals surface area (Å²) in [4.78, 5) is 3.81. The quantitative estimate of drug-likeness (QED) is 0.538. The predicted octanol–water partition coefficient (Wildman–Crippen LogP) is 3.80. The summed E-state index contributed by atoms with van der Waals surface area (Å²) in [6, 6.07) is 2.20. The Bertz CT molecular complexity index is 436. The summed E-state index contributed by atoms with van der Waals surface area (Å²) in [5.41, 5.74) is 1.41. The van der Waals surface area contributed by atoms with Gasteiger partial charge in [0.1, 0.15) is 0 Å². The number of nitrogens with zero attached hydrogens (tertiary/aromatic N) is 1. The highest BCUT2D eigenvalue weighted by Crippen LogP contribution is 2.21. The summed E-state index contributed by atoms with van der Waals surface area (Å²) in [7, 11) is 0. The average Bonchev–Trinajstić information content (AvgIpc) is 2.95. The van der Waals surface area contributed by atoms with E-state index < -0.39 is 0 Å². The summed E-state index contributed by atoms with van der Waals surface area (Å²) < 4.78 is 11.2. The van der Waals surface area contributed by atoms with Crippen LogP contribution in [0.4, 0.5) is 0 Å². The third-order valence-corrected chi connectivity index (χ3v) is 4.70. The van der Waals surface area contributed by atoms with Gasteiger partial charge in [0.15, 0.2) is 0 Å². The summed E-state index contributed by atoms with van der Waals surface area (Å²) in [6.07, 6.45) is 5.58. The Kier molecular flexibility index (Phi) is 7.27. The van der Waals surface area contributed by atoms with Crippen molar-refractivity contribution in [3.63, 3.8) is 0 Å². The van der Waals surface area contributed by atoms with E-state index in [1.54, 1.807) is 11.3 Å². The van der Waals surface area contributed by atoms with E-state index in [1.165, 1.54) is 23.4 Å². The summed E-state index contributed by atoms with van der Waals surface area (Å²) >= 11 is 1.79. The number of ether oxygens (including phenoxy) is 2. The fourth-order valence-electron chi connectivity index (χ4n) is 2.49. The minimum Gasteiger partial charge on any atom is -0.498 e. The third-order valence-electron chi connectivity index (χ3n) is 3.80. The average molecular weight is 309 g/mol. The minimum atomic E-state index is 0.819. The molecule has 0 unspecified atom stereocenters. The van der Waals surface area contributed by atoms with Crippen LogP contribution in [0.1, 0.15) is 37.1 Å². The molecule has 0 atom stereocenters. The van der Waals surface area contributed by atoms with Crippen LogP contribution in [-0.2, 0) is 15.9 Å². The van der Waals surface area contributed by atoms with Gasteiger partial charge in [0.25, 0.3) is 0 Å². The van der Waals surface area contributed by atoms with Gasteiger partial charge in [-0.1, -0.05) is 6.92 Å². The first-order valence-electron chi connectivity index (χ1n) is 7.97. The number of rotatable bonds is 8. The van der Waals surface area contributed by atoms with E-state index in [4.69, 9.17) is 9.47 Å². The van der Waals surface area contributed by atoms with Crippen LogP contribution >= 0.6 is 11.3 Å². The molecule has 1 saturated heterocycles. The Labute approximate surface area is 132 Å². The molecule has 0 aliphatic carbocycles. The largest absolute Gasteiger partial charge is 0.498 e. The molecular formula is C17H27NO2S. The molecule has 2 rings (SSSR count). The van der Waals surface area contributed by atoms with Gasteiger partial charge < -0.3 is 9.47 Å². The molecule has 4 heteroatoms. The second-order valence-corrected chi connectivity index (χ2v) is 6.38. The number of unbranched alkanes of at least 4 members (excludes halogenated alkanes) is 1. The van der Waals surface area contributed by atoms with Crippen molar-refractivity contribution in [1.29, 1.82) is 0 Å². The van der Waals surface area contributed by atoms with Crippen LogP contribution in [0.2, 0.25) is 0 Å². The number of allylic oxidation sites excluding steroid dienone is 1. The highest BCUT2D eigenvalue weighted by atomic mass is 32.1. The van der Waals surface area contributed by atoms with Crippen molar-refractivity contribution in [3.8, 4) is 0 Å². The number of morpholine rings is 1. The Morgan fingerprint density at radius 2 is 2.19 bits per heavy atom. The first-order valence-corrected chi connectivity index (χ1v) is 8.85. The van der Waals surface area contributed by atoms with Gasteiger partial charge in [-0.2, -0.15) is 0 Å². The van der Waals surface area contributed by atoms with Gasteiger partial charge in [-0.15, -0.1) is 11.3 Å². The van der Waals surface area contributed by atoms with E-state index in [9.17, 15) is 0 Å². The van der Waals surface area contributed by atoms with Gasteiger partial charge in [0.2, 0.25) is 0 Å². The van der Waals surface area contributed by atoms with Crippen molar-refractivity contribution in [1.82, 2.24) is 4.90 Å². The van der Waals surface area contributed by atoms with Crippen molar-refractivity contribution < 1.29 is 9.47 Å². The van der Waals surface area contributed by atoms with Gasteiger partial charge in [0, 0.05) is 18.0 Å². The lowest BCUT2D eigenvalue weighted by Gasteiger charge is -2.26. The molecule has 1 aromatic heterocycles. The molecule has 0 saturated carbocycles. The van der Waals surface area contributed by atoms with E-state index in [0.717, 1.165) is 51.5 Å². The normalized spacial score (nSPS) is 17.1. The maximum absolute atomic E-state index is 5.83. The van der Waals surface area contributed by atoms with E-state index in [1.807, 2.05) is 0 Å². The number of hydrogen-bond donors (Lipinski definition) is 0. The second kappa shape index (κ2) is 9.23. The van der Waals surface area contributed by atoms with Crippen LogP contribution in [-0.4, -0.2) is 44.4 Å². The van der Waals surface area contributed by atoms with Crippen LogP contribution in [0.5, 0.6) is 0 Å². The molecule has 2 heterocycles. The van der Waals surface area contributed by atoms with Crippen molar-refractivity contribution in [2.24, 2.45) is 0 Å². The zero-order valence-corrected chi connectivity index (χ0v) is 14.1. The lowest BCUT2D eigenvalue weighted by Crippen LogP contribution is -2.36. The van der Waals surface area contributed by atoms with Gasteiger partial charge in [-0.3, -0.25) is 4.90 Å². The molecule has 21 heavy (non-hydrogen) atoms. The Balaban J connectivity index is 1.61. The first kappa shape index (κ1) is 16.5. The van der Waals surface area contributed by atoms with Crippen molar-refractivity contribution in [2.45, 2.75) is 33.1 Å². The van der Waals surface area contributed by atoms with Gasteiger partial charge >= 0.3 is 0 Å². The fraction of sp³-hybridized carbons (Fsp3) is 0.647. The Morgan fingerprint density at radius 3 is 2.95 bits per heavy atom. The molecule has 118 valence electrons. The highest BCUT2D eigenvalue weighted by Gasteiger charge is 2.09. The second-order valence-electron chi connectivity index (χ2n) is 5.43. The molecular weight excluding hydrogens is 282 g/mol. The lowest BCUT2D eigenvalue weighted by atomic mass is 10.2. The summed E-state index contributed by atoms with van der Waals surface area (Å²) in [5.74, 6) is 1.03. The minimum absolute atomic E-state index is 0.819. The van der Waals surface area contributed by atoms with E-state index >= 15 is 0 Å². The molecule has 0 aromatic carbocycles. The van der Waals surface area contributed by atoms with Crippen LogP contribution in [0, 0.1) is 0 Å². The SMILES string of the molecule is CCc1ccsc1/C=C(\C)OCCCCN1CCOCC1. The monoisotopic (exact) mass is 309 g/mol. The summed E-state index contributed by atoms with van der Waals surface area (Å²) in [5, 5.41) is 2.15. The smallest absolute Gasteiger partial charge is 0.0943 e. The third kappa shape index (κ3) is 5.81. The van der Waals surface area contributed by atoms with E-state index in [-0.39, 0.29) is 0 Å². The molecule has 1 aromatic rings. The number of aryl methyl sites for hydroxylation is 1. The lowest BCUT2D eigenvalue weighted by molar-refractivity contribution is 0.0364. The molecule has 0 spiro atoms. The fourth-order valence-corrected chi connectivity index (χ4v) is 3.46. The van der Waals surface area contributed by atoms with E-state index in [2.05, 4.69) is 36.3 Å². The first-order chi connectivity index (χ1) is 10.3. The maximum Gasteiger partial charge on any atom is 0.0943 e. The molecule has 1 aliphatic rings. The summed E-state index contributed by atoms with van der Waals surface area (Å²) in [6.45, 7) is 10.2. The van der Waals surface area contributed by atoms with Gasteiger partial charge in [-0.05, 0) is 55.8 Å². The topological polar surface area (TPSA) is 21.7 Å². The molecule has 0 amide bonds. The standard InChI is InChI=1S/C17H27NO2S/c1-3-16-6-13-21-17(16)14-15(2)20-10-5-4-7-18-8-11-19-12-9-18/h6,13-14H,3-5,7-12H2,1-2H3/b15-14+. The van der Waals surface area contributed by atoms with Gasteiger partial charge in [0.05, 0.1) is 25.6 Å². The molecule has 3 nitrogen and oxygen atoms in total. The Morgan fingerprint density at radius 1 is 1.38 bits per heavy atom. The Hall–Kier alpha value is -0.840. The van der Waals surface area contributed by atoms with E-state index in [0.29, 0.717) is 0 Å².